The third-order valence-electron chi connectivity index (χ3n) is 3.86. The molecule has 0 aromatic heterocycles. The fourth-order valence-corrected chi connectivity index (χ4v) is 2.45. The average Bonchev–Trinajstić information content (AvgIpc) is 2.39. The number of phenolic OH excluding ortho intramolecular Hbond substituents is 1. The predicted octanol–water partition coefficient (Wildman–Crippen LogP) is 5.42. The first-order chi connectivity index (χ1) is 8.70. The lowest BCUT2D eigenvalue weighted by Crippen LogP contribution is -1.99. The first-order valence-electron chi connectivity index (χ1n) is 7.51. The van der Waals surface area contributed by atoms with Gasteiger partial charge in [-0.2, -0.15) is 0 Å². The Morgan fingerprint density at radius 2 is 1.78 bits per heavy atom. The smallest absolute Gasteiger partial charge is 0.119 e. The summed E-state index contributed by atoms with van der Waals surface area (Å²) in [4.78, 5) is 0. The molecule has 0 aliphatic carbocycles. The lowest BCUT2D eigenvalue weighted by Gasteiger charge is -2.16. The van der Waals surface area contributed by atoms with Crippen LogP contribution in [0.5, 0.6) is 5.75 Å². The zero-order valence-electron chi connectivity index (χ0n) is 12.2. The van der Waals surface area contributed by atoms with E-state index in [9.17, 15) is 5.11 Å². The molecule has 1 aromatic carbocycles. The molecule has 0 aliphatic rings. The minimum absolute atomic E-state index is 0.489. The molecule has 1 rings (SSSR count). The van der Waals surface area contributed by atoms with Gasteiger partial charge >= 0.3 is 0 Å². The van der Waals surface area contributed by atoms with E-state index in [1.807, 2.05) is 12.1 Å². The van der Waals surface area contributed by atoms with Crippen molar-refractivity contribution in [2.75, 3.05) is 0 Å². The van der Waals surface area contributed by atoms with Crippen LogP contribution in [0.2, 0.25) is 0 Å². The van der Waals surface area contributed by atoms with Gasteiger partial charge in [0.25, 0.3) is 0 Å². The summed E-state index contributed by atoms with van der Waals surface area (Å²) in [7, 11) is 0. The van der Waals surface area contributed by atoms with Gasteiger partial charge < -0.3 is 5.11 Å². The van der Waals surface area contributed by atoms with Crippen LogP contribution < -0.4 is 0 Å². The molecular weight excluding hydrogens is 220 g/mol. The summed E-state index contributed by atoms with van der Waals surface area (Å²) in [5.41, 5.74) is 2.52. The molecule has 0 amide bonds. The average molecular weight is 248 g/mol. The van der Waals surface area contributed by atoms with Gasteiger partial charge in [-0.3, -0.25) is 0 Å². The van der Waals surface area contributed by atoms with Gasteiger partial charge in [-0.25, -0.2) is 0 Å². The number of phenols is 1. The molecule has 0 heterocycles. The molecule has 0 bridgehead atoms. The van der Waals surface area contributed by atoms with Crippen molar-refractivity contribution < 1.29 is 5.11 Å². The summed E-state index contributed by atoms with van der Waals surface area (Å²) in [6.07, 6.45) is 8.57. The molecule has 0 saturated carbocycles. The standard InChI is InChI=1S/C17H28O/c1-4-6-7-8-9-11-16-15(14(3)5-2)12-10-13-17(16)18/h10,12-14,18H,4-9,11H2,1-3H3. The number of benzene rings is 1. The van der Waals surface area contributed by atoms with E-state index in [1.165, 1.54) is 43.2 Å². The fourth-order valence-electron chi connectivity index (χ4n) is 2.45. The normalized spacial score (nSPS) is 12.6. The Balaban J connectivity index is 2.62. The van der Waals surface area contributed by atoms with Gasteiger partial charge in [0.2, 0.25) is 0 Å². The molecule has 0 spiro atoms. The molecule has 1 N–H and O–H groups in total. The lowest BCUT2D eigenvalue weighted by atomic mass is 9.90. The van der Waals surface area contributed by atoms with Crippen molar-refractivity contribution in [3.05, 3.63) is 29.3 Å². The number of hydrogen-bond acceptors (Lipinski definition) is 1. The van der Waals surface area contributed by atoms with Crippen LogP contribution >= 0.6 is 0 Å². The van der Waals surface area contributed by atoms with Gasteiger partial charge in [-0.15, -0.1) is 0 Å². The van der Waals surface area contributed by atoms with E-state index < -0.39 is 0 Å². The second kappa shape index (κ2) is 8.18. The van der Waals surface area contributed by atoms with Crippen LogP contribution in [0.1, 0.15) is 76.3 Å². The highest BCUT2D eigenvalue weighted by Gasteiger charge is 2.12. The number of aromatic hydroxyl groups is 1. The molecule has 102 valence electrons. The van der Waals surface area contributed by atoms with Crippen LogP contribution in [-0.4, -0.2) is 5.11 Å². The van der Waals surface area contributed by atoms with Gasteiger partial charge in [0.1, 0.15) is 5.75 Å². The molecule has 1 nitrogen and oxygen atoms in total. The van der Waals surface area contributed by atoms with E-state index in [0.29, 0.717) is 11.7 Å². The summed E-state index contributed by atoms with van der Waals surface area (Å²) in [5, 5.41) is 10.0. The Kier molecular flexibility index (Phi) is 6.85. The summed E-state index contributed by atoms with van der Waals surface area (Å²) in [5.74, 6) is 1.03. The Labute approximate surface area is 112 Å². The Morgan fingerprint density at radius 3 is 2.44 bits per heavy atom. The van der Waals surface area contributed by atoms with Gasteiger partial charge in [-0.1, -0.05) is 58.6 Å². The molecule has 1 aromatic rings. The Morgan fingerprint density at radius 1 is 1.06 bits per heavy atom. The van der Waals surface area contributed by atoms with E-state index in [-0.39, 0.29) is 0 Å². The van der Waals surface area contributed by atoms with Gasteiger partial charge in [-0.05, 0) is 42.4 Å². The van der Waals surface area contributed by atoms with Gasteiger partial charge in [0.05, 0.1) is 0 Å². The van der Waals surface area contributed by atoms with Crippen LogP contribution in [0.15, 0.2) is 18.2 Å². The molecule has 1 atom stereocenters. The zero-order chi connectivity index (χ0) is 13.4. The maximum absolute atomic E-state index is 10.0. The molecule has 0 aliphatic heterocycles. The van der Waals surface area contributed by atoms with E-state index >= 15 is 0 Å². The number of unbranched alkanes of at least 4 members (excludes halogenated alkanes) is 4. The minimum Gasteiger partial charge on any atom is -0.508 e. The van der Waals surface area contributed by atoms with Crippen molar-refractivity contribution in [1.29, 1.82) is 0 Å². The maximum atomic E-state index is 10.0. The number of rotatable bonds is 8. The van der Waals surface area contributed by atoms with Crippen LogP contribution in [-0.2, 0) is 6.42 Å². The largest absolute Gasteiger partial charge is 0.508 e. The van der Waals surface area contributed by atoms with Crippen molar-refractivity contribution in [3.63, 3.8) is 0 Å². The topological polar surface area (TPSA) is 20.2 Å². The molecule has 1 unspecified atom stereocenters. The molecule has 1 heteroatoms. The monoisotopic (exact) mass is 248 g/mol. The quantitative estimate of drug-likeness (QED) is 0.609. The predicted molar refractivity (Wildman–Crippen MR) is 79.3 cm³/mol. The highest BCUT2D eigenvalue weighted by atomic mass is 16.3. The first kappa shape index (κ1) is 15.1. The first-order valence-corrected chi connectivity index (χ1v) is 7.51. The molecule has 0 saturated heterocycles. The fraction of sp³-hybridized carbons (Fsp3) is 0.647. The van der Waals surface area contributed by atoms with E-state index in [2.05, 4.69) is 26.8 Å². The maximum Gasteiger partial charge on any atom is 0.119 e. The lowest BCUT2D eigenvalue weighted by molar-refractivity contribution is 0.463. The van der Waals surface area contributed by atoms with Crippen molar-refractivity contribution in [2.24, 2.45) is 0 Å². The van der Waals surface area contributed by atoms with Crippen molar-refractivity contribution in [3.8, 4) is 5.75 Å². The minimum atomic E-state index is 0.489. The highest BCUT2D eigenvalue weighted by Crippen LogP contribution is 2.30. The van der Waals surface area contributed by atoms with Crippen LogP contribution in [0.25, 0.3) is 0 Å². The van der Waals surface area contributed by atoms with E-state index in [4.69, 9.17) is 0 Å². The van der Waals surface area contributed by atoms with Gasteiger partial charge in [0, 0.05) is 0 Å². The van der Waals surface area contributed by atoms with Crippen molar-refractivity contribution in [2.45, 2.75) is 71.6 Å². The SMILES string of the molecule is CCCCCCCc1c(O)cccc1C(C)CC. The van der Waals surface area contributed by atoms with Gasteiger partial charge in [0.15, 0.2) is 0 Å². The Bertz CT molecular complexity index is 343. The number of hydrogen-bond donors (Lipinski definition) is 1. The summed E-state index contributed by atoms with van der Waals surface area (Å²) < 4.78 is 0. The van der Waals surface area contributed by atoms with Crippen molar-refractivity contribution in [1.82, 2.24) is 0 Å². The Hall–Kier alpha value is -0.980. The summed E-state index contributed by atoms with van der Waals surface area (Å²) in [6, 6.07) is 5.97. The third-order valence-corrected chi connectivity index (χ3v) is 3.86. The van der Waals surface area contributed by atoms with E-state index in [1.54, 1.807) is 0 Å². The summed E-state index contributed by atoms with van der Waals surface area (Å²) in [6.45, 7) is 6.69. The summed E-state index contributed by atoms with van der Waals surface area (Å²) >= 11 is 0. The molecule has 0 fully saturated rings. The second-order valence-corrected chi connectivity index (χ2v) is 5.32. The molecular formula is C17H28O. The molecule has 0 radical (unpaired) electrons. The highest BCUT2D eigenvalue weighted by molar-refractivity contribution is 5.41. The van der Waals surface area contributed by atoms with Crippen LogP contribution in [0, 0.1) is 0 Å². The molecule has 18 heavy (non-hydrogen) atoms. The van der Waals surface area contributed by atoms with Crippen molar-refractivity contribution >= 4 is 0 Å². The third kappa shape index (κ3) is 4.36. The van der Waals surface area contributed by atoms with E-state index in [0.717, 1.165) is 12.8 Å². The van der Waals surface area contributed by atoms with Crippen LogP contribution in [0.3, 0.4) is 0 Å². The second-order valence-electron chi connectivity index (χ2n) is 5.32. The van der Waals surface area contributed by atoms with Crippen LogP contribution in [0.4, 0.5) is 0 Å². The zero-order valence-corrected chi connectivity index (χ0v) is 12.2.